The van der Waals surface area contributed by atoms with Gasteiger partial charge in [-0.25, -0.2) is 9.67 Å². The molecule has 1 N–H and O–H groups in total. The van der Waals surface area contributed by atoms with Crippen LogP contribution in [0, 0.1) is 6.92 Å². The van der Waals surface area contributed by atoms with Crippen molar-refractivity contribution in [3.05, 3.63) is 23.5 Å². The Kier molecular flexibility index (Phi) is 5.01. The SMILES string of the molecule is Cc1nc2c(cnn2C(C)C)cc1C(=O)NCCC(=O)N1CCCC1. The van der Waals surface area contributed by atoms with Gasteiger partial charge in [-0.3, -0.25) is 9.59 Å². The van der Waals surface area contributed by atoms with E-state index in [0.717, 1.165) is 37.0 Å². The molecule has 25 heavy (non-hydrogen) atoms. The predicted molar refractivity (Wildman–Crippen MR) is 95.4 cm³/mol. The van der Waals surface area contributed by atoms with Crippen molar-refractivity contribution in [3.63, 3.8) is 0 Å². The third kappa shape index (κ3) is 3.65. The fourth-order valence-electron chi connectivity index (χ4n) is 3.18. The number of hydrogen-bond acceptors (Lipinski definition) is 4. The van der Waals surface area contributed by atoms with E-state index in [1.807, 2.05) is 36.4 Å². The summed E-state index contributed by atoms with van der Waals surface area (Å²) in [6, 6.07) is 2.03. The quantitative estimate of drug-likeness (QED) is 0.901. The molecule has 0 radical (unpaired) electrons. The molecule has 1 fully saturated rings. The molecule has 134 valence electrons. The number of rotatable bonds is 5. The van der Waals surface area contributed by atoms with Gasteiger partial charge in [0.05, 0.1) is 17.5 Å². The Balaban J connectivity index is 1.65. The van der Waals surface area contributed by atoms with Crippen LogP contribution in [0.25, 0.3) is 11.0 Å². The summed E-state index contributed by atoms with van der Waals surface area (Å²) >= 11 is 0. The summed E-state index contributed by atoms with van der Waals surface area (Å²) in [5.74, 6) is -0.0836. The smallest absolute Gasteiger partial charge is 0.253 e. The summed E-state index contributed by atoms with van der Waals surface area (Å²) in [6.07, 6.45) is 4.22. The summed E-state index contributed by atoms with van der Waals surface area (Å²) < 4.78 is 1.85. The molecule has 7 nitrogen and oxygen atoms in total. The standard InChI is InChI=1S/C18H25N5O2/c1-12(2)23-17-14(11-20-23)10-15(13(3)21-17)18(25)19-7-6-16(24)22-8-4-5-9-22/h10-12H,4-9H2,1-3H3,(H,19,25). The molecule has 1 aliphatic heterocycles. The Hall–Kier alpha value is -2.44. The molecule has 3 heterocycles. The monoisotopic (exact) mass is 343 g/mol. The van der Waals surface area contributed by atoms with Gasteiger partial charge in [0.2, 0.25) is 5.91 Å². The highest BCUT2D eigenvalue weighted by atomic mass is 16.2. The summed E-state index contributed by atoms with van der Waals surface area (Å²) in [5, 5.41) is 8.02. The Morgan fingerprint density at radius 3 is 2.68 bits per heavy atom. The first-order valence-electron chi connectivity index (χ1n) is 8.88. The van der Waals surface area contributed by atoms with Crippen molar-refractivity contribution in [3.8, 4) is 0 Å². The number of aryl methyl sites for hydroxylation is 1. The Morgan fingerprint density at radius 1 is 1.28 bits per heavy atom. The lowest BCUT2D eigenvalue weighted by molar-refractivity contribution is -0.129. The Morgan fingerprint density at radius 2 is 2.00 bits per heavy atom. The second kappa shape index (κ2) is 7.21. The zero-order chi connectivity index (χ0) is 18.0. The molecule has 0 bridgehead atoms. The molecule has 0 saturated carbocycles. The number of amides is 2. The summed E-state index contributed by atoms with van der Waals surface area (Å²) in [4.78, 5) is 30.9. The lowest BCUT2D eigenvalue weighted by atomic mass is 10.1. The van der Waals surface area contributed by atoms with Crippen molar-refractivity contribution < 1.29 is 9.59 Å². The Bertz CT molecular complexity index is 790. The van der Waals surface area contributed by atoms with Crippen LogP contribution < -0.4 is 5.32 Å². The predicted octanol–water partition coefficient (Wildman–Crippen LogP) is 2.06. The number of carbonyl (C=O) groups is 2. The topological polar surface area (TPSA) is 80.1 Å². The molecule has 2 amide bonds. The number of hydrogen-bond donors (Lipinski definition) is 1. The Labute approximate surface area is 147 Å². The van der Waals surface area contributed by atoms with Gasteiger partial charge in [0, 0.05) is 37.5 Å². The average molecular weight is 343 g/mol. The van der Waals surface area contributed by atoms with Crippen LogP contribution in [0.2, 0.25) is 0 Å². The van der Waals surface area contributed by atoms with E-state index in [4.69, 9.17) is 0 Å². The number of nitrogens with zero attached hydrogens (tertiary/aromatic N) is 4. The van der Waals surface area contributed by atoms with E-state index < -0.39 is 0 Å². The number of aromatic nitrogens is 3. The van der Waals surface area contributed by atoms with Crippen LogP contribution in [0.4, 0.5) is 0 Å². The van der Waals surface area contributed by atoms with Gasteiger partial charge in [0.25, 0.3) is 5.91 Å². The minimum atomic E-state index is -0.196. The molecule has 3 rings (SSSR count). The van der Waals surface area contributed by atoms with Crippen LogP contribution in [0.3, 0.4) is 0 Å². The maximum absolute atomic E-state index is 12.4. The molecule has 1 aliphatic rings. The molecule has 0 spiro atoms. The highest BCUT2D eigenvalue weighted by Gasteiger charge is 2.19. The molecule has 0 atom stereocenters. The van der Waals surface area contributed by atoms with Crippen molar-refractivity contribution in [1.82, 2.24) is 25.0 Å². The molecule has 1 saturated heterocycles. The van der Waals surface area contributed by atoms with E-state index in [0.29, 0.717) is 24.2 Å². The van der Waals surface area contributed by atoms with Gasteiger partial charge >= 0.3 is 0 Å². The second-order valence-electron chi connectivity index (χ2n) is 6.81. The fraction of sp³-hybridized carbons (Fsp3) is 0.556. The maximum atomic E-state index is 12.4. The number of likely N-dealkylation sites (tertiary alicyclic amines) is 1. The van der Waals surface area contributed by atoms with E-state index in [2.05, 4.69) is 15.4 Å². The van der Waals surface area contributed by atoms with Crippen molar-refractivity contribution in [2.24, 2.45) is 0 Å². The molecule has 0 aromatic carbocycles. The molecule has 2 aromatic heterocycles. The van der Waals surface area contributed by atoms with Gasteiger partial charge in [0.1, 0.15) is 0 Å². The molecule has 0 aliphatic carbocycles. The van der Waals surface area contributed by atoms with Crippen LogP contribution >= 0.6 is 0 Å². The van der Waals surface area contributed by atoms with Gasteiger partial charge in [-0.15, -0.1) is 0 Å². The first kappa shape index (κ1) is 17.4. The van der Waals surface area contributed by atoms with Gasteiger partial charge in [-0.05, 0) is 39.7 Å². The number of pyridine rings is 1. The van der Waals surface area contributed by atoms with E-state index in [1.54, 1.807) is 6.20 Å². The fourth-order valence-corrected chi connectivity index (χ4v) is 3.18. The van der Waals surface area contributed by atoms with Crippen LogP contribution in [-0.4, -0.2) is 51.1 Å². The van der Waals surface area contributed by atoms with Crippen LogP contribution in [0.5, 0.6) is 0 Å². The van der Waals surface area contributed by atoms with E-state index in [9.17, 15) is 9.59 Å². The average Bonchev–Trinajstić information content (AvgIpc) is 3.23. The molecule has 2 aromatic rings. The minimum Gasteiger partial charge on any atom is -0.351 e. The van der Waals surface area contributed by atoms with E-state index in [-0.39, 0.29) is 17.9 Å². The van der Waals surface area contributed by atoms with Gasteiger partial charge in [-0.1, -0.05) is 0 Å². The van der Waals surface area contributed by atoms with Crippen LogP contribution in [-0.2, 0) is 4.79 Å². The summed E-state index contributed by atoms with van der Waals surface area (Å²) in [7, 11) is 0. The normalized spacial score (nSPS) is 14.5. The largest absolute Gasteiger partial charge is 0.351 e. The van der Waals surface area contributed by atoms with Crippen LogP contribution in [0.15, 0.2) is 12.3 Å². The van der Waals surface area contributed by atoms with Gasteiger partial charge in [-0.2, -0.15) is 5.10 Å². The molecule has 0 unspecified atom stereocenters. The minimum absolute atomic E-state index is 0.112. The lowest BCUT2D eigenvalue weighted by Crippen LogP contribution is -2.33. The van der Waals surface area contributed by atoms with Gasteiger partial charge in [0.15, 0.2) is 5.65 Å². The highest BCUT2D eigenvalue weighted by Crippen LogP contribution is 2.19. The van der Waals surface area contributed by atoms with E-state index in [1.165, 1.54) is 0 Å². The van der Waals surface area contributed by atoms with Crippen molar-refractivity contribution in [1.29, 1.82) is 0 Å². The zero-order valence-corrected chi connectivity index (χ0v) is 15.1. The second-order valence-corrected chi connectivity index (χ2v) is 6.81. The van der Waals surface area contributed by atoms with Gasteiger partial charge < -0.3 is 10.2 Å². The third-order valence-corrected chi connectivity index (χ3v) is 4.58. The van der Waals surface area contributed by atoms with Crippen molar-refractivity contribution in [2.75, 3.05) is 19.6 Å². The molecular formula is C18H25N5O2. The van der Waals surface area contributed by atoms with Crippen molar-refractivity contribution >= 4 is 22.8 Å². The summed E-state index contributed by atoms with van der Waals surface area (Å²) in [5.41, 5.74) is 1.98. The number of fused-ring (bicyclic) bond motifs is 1. The maximum Gasteiger partial charge on any atom is 0.253 e. The first-order valence-corrected chi connectivity index (χ1v) is 8.88. The van der Waals surface area contributed by atoms with E-state index >= 15 is 0 Å². The lowest BCUT2D eigenvalue weighted by Gasteiger charge is -2.15. The van der Waals surface area contributed by atoms with Crippen LogP contribution in [0.1, 0.15) is 55.2 Å². The molecular weight excluding hydrogens is 318 g/mol. The molecule has 7 heteroatoms. The number of nitrogens with one attached hydrogen (secondary N) is 1. The zero-order valence-electron chi connectivity index (χ0n) is 15.1. The van der Waals surface area contributed by atoms with Crippen molar-refractivity contribution in [2.45, 2.75) is 46.1 Å². The number of carbonyl (C=O) groups excluding carboxylic acids is 2. The summed E-state index contributed by atoms with van der Waals surface area (Å²) in [6.45, 7) is 7.93. The highest BCUT2D eigenvalue weighted by molar-refractivity contribution is 5.98. The first-order chi connectivity index (χ1) is 12.0. The third-order valence-electron chi connectivity index (χ3n) is 4.58.